The second kappa shape index (κ2) is 10.9. The molecule has 1 aromatic heterocycles. The van der Waals surface area contributed by atoms with Crippen LogP contribution in [0.1, 0.15) is 19.6 Å². The van der Waals surface area contributed by atoms with Crippen LogP contribution in [0.5, 0.6) is 11.5 Å². The van der Waals surface area contributed by atoms with Crippen molar-refractivity contribution in [3.05, 3.63) is 66.4 Å². The molecular weight excluding hydrogens is 412 g/mol. The fraction of sp³-hybridized carbons (Fsp3) is 0.227. The van der Waals surface area contributed by atoms with E-state index in [4.69, 9.17) is 32.5 Å². The monoisotopic (exact) mass is 434 g/mol. The first-order valence-electron chi connectivity index (χ1n) is 9.22. The van der Waals surface area contributed by atoms with Crippen molar-refractivity contribution in [2.45, 2.75) is 20.8 Å². The summed E-state index contributed by atoms with van der Waals surface area (Å²) in [6.45, 7) is 7.27. The maximum absolute atomic E-state index is 8.49. The number of aryl methyl sites for hydroxylation is 1. The minimum absolute atomic E-state index is 0.663. The normalized spacial score (nSPS) is 10.8. The molecule has 1 heterocycles. The molecule has 8 heteroatoms. The number of ether oxygens (including phenoxy) is 2. The fourth-order valence-electron chi connectivity index (χ4n) is 2.74. The van der Waals surface area contributed by atoms with E-state index in [1.807, 2.05) is 63.2 Å². The van der Waals surface area contributed by atoms with E-state index < -0.39 is 10.2 Å². The number of hydrogen-bond acceptors (Lipinski definition) is 6. The number of rotatable bonds is 6. The van der Waals surface area contributed by atoms with Gasteiger partial charge in [0.15, 0.2) is 0 Å². The lowest BCUT2D eigenvalue weighted by molar-refractivity contribution is -2.00. The smallest absolute Gasteiger partial charge is 0.360 e. The van der Waals surface area contributed by atoms with E-state index in [0.717, 1.165) is 39.7 Å². The van der Waals surface area contributed by atoms with Gasteiger partial charge in [0.25, 0.3) is 0 Å². The molecular formula is C22H23ClO7. The largest absolute Gasteiger partial charge is 0.494 e. The van der Waals surface area contributed by atoms with Crippen molar-refractivity contribution in [2.75, 3.05) is 13.2 Å². The van der Waals surface area contributed by atoms with Gasteiger partial charge >= 0.3 is 11.5 Å². The Balaban J connectivity index is 0.000000575. The Bertz CT molecular complexity index is 846. The standard InChI is InChI=1S/C22H23O3.ClHO4/c1-4-23-20-10-6-17(7-11-20)19-14-16(3)25-22(15-19)18-8-12-21(13-9-18)24-5-2;2-1(3,4)5/h6-15H,4-5H2,1-3H3;(H,2,3,4,5)/q+1;/p-1. The second-order valence-corrected chi connectivity index (χ2v) is 6.87. The summed E-state index contributed by atoms with van der Waals surface area (Å²) in [5.74, 6) is 3.46. The molecule has 0 amide bonds. The van der Waals surface area contributed by atoms with Crippen LogP contribution in [0.15, 0.2) is 65.1 Å². The van der Waals surface area contributed by atoms with E-state index >= 15 is 0 Å². The molecule has 3 aromatic rings. The van der Waals surface area contributed by atoms with Gasteiger partial charge < -0.3 is 9.47 Å². The van der Waals surface area contributed by atoms with Crippen LogP contribution in [0.3, 0.4) is 0 Å². The van der Waals surface area contributed by atoms with Crippen molar-refractivity contribution >= 4 is 0 Å². The van der Waals surface area contributed by atoms with Gasteiger partial charge in [0.2, 0.25) is 0 Å². The summed E-state index contributed by atoms with van der Waals surface area (Å²) in [6, 6.07) is 20.2. The first kappa shape index (κ1) is 23.6. The molecule has 7 nitrogen and oxygen atoms in total. The summed E-state index contributed by atoms with van der Waals surface area (Å²) in [5, 5.41) is 0. The van der Waals surface area contributed by atoms with E-state index in [-0.39, 0.29) is 0 Å². The van der Waals surface area contributed by atoms with Crippen LogP contribution in [0, 0.1) is 17.2 Å². The molecule has 0 N–H and O–H groups in total. The summed E-state index contributed by atoms with van der Waals surface area (Å²) >= 11 is 0. The lowest BCUT2D eigenvalue weighted by Gasteiger charge is -2.17. The van der Waals surface area contributed by atoms with Gasteiger partial charge in [-0.05, 0) is 55.8 Å². The Labute approximate surface area is 177 Å². The van der Waals surface area contributed by atoms with Crippen molar-refractivity contribution in [3.8, 4) is 33.9 Å². The summed E-state index contributed by atoms with van der Waals surface area (Å²) in [6.07, 6.45) is 0. The molecule has 0 saturated carbocycles. The highest BCUT2D eigenvalue weighted by Gasteiger charge is 2.16. The first-order valence-corrected chi connectivity index (χ1v) is 10.5. The highest BCUT2D eigenvalue weighted by molar-refractivity contribution is 5.70. The van der Waals surface area contributed by atoms with Crippen LogP contribution in [-0.4, -0.2) is 13.2 Å². The fourth-order valence-corrected chi connectivity index (χ4v) is 2.74. The molecule has 0 aliphatic carbocycles. The molecule has 0 aliphatic heterocycles. The Hall–Kier alpha value is -2.68. The molecule has 0 atom stereocenters. The first-order chi connectivity index (χ1) is 14.2. The van der Waals surface area contributed by atoms with Crippen molar-refractivity contribution in [1.82, 2.24) is 0 Å². The zero-order chi connectivity index (χ0) is 22.1. The van der Waals surface area contributed by atoms with Crippen molar-refractivity contribution in [1.29, 1.82) is 0 Å². The van der Waals surface area contributed by atoms with Crippen molar-refractivity contribution < 1.29 is 42.8 Å². The minimum atomic E-state index is -4.94. The molecule has 0 unspecified atom stereocenters. The van der Waals surface area contributed by atoms with Crippen molar-refractivity contribution in [2.24, 2.45) is 0 Å². The van der Waals surface area contributed by atoms with E-state index in [0.29, 0.717) is 13.2 Å². The average molecular weight is 435 g/mol. The van der Waals surface area contributed by atoms with Gasteiger partial charge in [-0.3, -0.25) is 0 Å². The summed E-state index contributed by atoms with van der Waals surface area (Å²) in [7, 11) is -4.94. The topological polar surface area (TPSA) is 122 Å². The van der Waals surface area contributed by atoms with Gasteiger partial charge in [0.05, 0.1) is 31.8 Å². The Morgan fingerprint density at radius 3 is 1.57 bits per heavy atom. The Morgan fingerprint density at radius 2 is 1.13 bits per heavy atom. The average Bonchev–Trinajstić information content (AvgIpc) is 2.68. The molecule has 2 aromatic carbocycles. The molecule has 0 bridgehead atoms. The predicted octanol–water partition coefficient (Wildman–Crippen LogP) is 1.24. The molecule has 0 fully saturated rings. The van der Waals surface area contributed by atoms with Crippen LogP contribution in [-0.2, 0) is 0 Å². The molecule has 3 rings (SSSR count). The lowest BCUT2D eigenvalue weighted by atomic mass is 10.0. The third-order valence-corrected chi connectivity index (χ3v) is 3.86. The molecule has 0 saturated heterocycles. The number of benzene rings is 2. The van der Waals surface area contributed by atoms with Gasteiger partial charge in [-0.1, -0.05) is 12.1 Å². The minimum Gasteiger partial charge on any atom is -0.494 e. The van der Waals surface area contributed by atoms with E-state index in [9.17, 15) is 0 Å². The quantitative estimate of drug-likeness (QED) is 0.535. The SMILES string of the molecule is CCOc1ccc(-c2cc(C)[o+]c(-c3ccc(OCC)cc3)c2)cc1.[O-][Cl+3]([O-])([O-])[O-]. The van der Waals surface area contributed by atoms with Gasteiger partial charge in [0.1, 0.15) is 11.5 Å². The Morgan fingerprint density at radius 1 is 0.700 bits per heavy atom. The van der Waals surface area contributed by atoms with E-state index in [1.54, 1.807) is 0 Å². The van der Waals surface area contributed by atoms with Gasteiger partial charge in [0, 0.05) is 11.6 Å². The molecule has 0 aliphatic rings. The van der Waals surface area contributed by atoms with E-state index in [2.05, 4.69) is 18.2 Å². The summed E-state index contributed by atoms with van der Waals surface area (Å²) in [5.41, 5.74) is 3.28. The zero-order valence-electron chi connectivity index (χ0n) is 16.9. The van der Waals surface area contributed by atoms with E-state index in [1.165, 1.54) is 0 Å². The van der Waals surface area contributed by atoms with Crippen LogP contribution in [0.2, 0.25) is 0 Å². The zero-order valence-corrected chi connectivity index (χ0v) is 17.7. The maximum atomic E-state index is 8.49. The number of halogens is 1. The van der Waals surface area contributed by atoms with Gasteiger partial charge in [-0.15, -0.1) is 10.2 Å². The number of hydrogen-bond donors (Lipinski definition) is 0. The van der Waals surface area contributed by atoms with Crippen LogP contribution >= 0.6 is 0 Å². The Kier molecular flexibility index (Phi) is 8.58. The van der Waals surface area contributed by atoms with Gasteiger partial charge in [-0.2, -0.15) is 0 Å². The van der Waals surface area contributed by atoms with Crippen LogP contribution in [0.4, 0.5) is 0 Å². The summed E-state index contributed by atoms with van der Waals surface area (Å²) in [4.78, 5) is 0. The molecule has 0 spiro atoms. The third-order valence-electron chi connectivity index (χ3n) is 3.86. The highest BCUT2D eigenvalue weighted by atomic mass is 35.7. The highest BCUT2D eigenvalue weighted by Crippen LogP contribution is 2.30. The molecule has 160 valence electrons. The molecule has 0 radical (unpaired) electrons. The maximum Gasteiger partial charge on any atom is 0.360 e. The molecule has 30 heavy (non-hydrogen) atoms. The van der Waals surface area contributed by atoms with Crippen molar-refractivity contribution in [3.63, 3.8) is 0 Å². The lowest BCUT2D eigenvalue weighted by Crippen LogP contribution is -2.68. The van der Waals surface area contributed by atoms with Crippen LogP contribution in [0.25, 0.3) is 22.5 Å². The third kappa shape index (κ3) is 7.98. The second-order valence-electron chi connectivity index (χ2n) is 6.11. The van der Waals surface area contributed by atoms with Gasteiger partial charge in [-0.25, -0.2) is 23.1 Å². The summed E-state index contributed by atoms with van der Waals surface area (Å²) < 4.78 is 50.9. The predicted molar refractivity (Wildman–Crippen MR) is 101 cm³/mol. The van der Waals surface area contributed by atoms with Crippen LogP contribution < -0.4 is 28.1 Å².